The molecular formula is C34H28FN3O4S2. The Balaban J connectivity index is 1.38. The SMILES string of the molecule is COc1ccc(C(O)=C2C(=O)C(=O)N(c3nnc(SCc4cccc5ccccc45)s3)C2c2ccc(C(C)C)cc2)cc1F. The van der Waals surface area contributed by atoms with E-state index in [1.165, 1.54) is 47.2 Å². The van der Waals surface area contributed by atoms with Crippen LogP contribution in [-0.2, 0) is 15.3 Å². The Morgan fingerprint density at radius 1 is 1.02 bits per heavy atom. The average Bonchev–Trinajstić information content (AvgIpc) is 3.61. The molecule has 0 spiro atoms. The lowest BCUT2D eigenvalue weighted by Crippen LogP contribution is -2.29. The second kappa shape index (κ2) is 12.2. The molecule has 1 N–H and O–H groups in total. The average molecular weight is 626 g/mol. The van der Waals surface area contributed by atoms with Crippen molar-refractivity contribution in [3.05, 3.63) is 119 Å². The molecule has 1 fully saturated rings. The number of aliphatic hydroxyl groups is 1. The standard InChI is InChI=1S/C34H28FN3O4S2/c1-19(2)20-11-13-22(14-12-20)29-28(30(39)23-15-16-27(42-3)26(35)17-23)31(40)32(41)38(29)33-36-37-34(44-33)43-18-24-9-6-8-21-7-4-5-10-25(21)24/h4-17,19,29,39H,18H2,1-3H3. The van der Waals surface area contributed by atoms with Crippen LogP contribution in [0.3, 0.4) is 0 Å². The first-order valence-electron chi connectivity index (χ1n) is 13.9. The predicted octanol–water partition coefficient (Wildman–Crippen LogP) is 7.88. The van der Waals surface area contributed by atoms with Crippen molar-refractivity contribution in [2.75, 3.05) is 12.0 Å². The smallest absolute Gasteiger partial charge is 0.301 e. The Labute approximate surface area is 262 Å². The molecule has 6 rings (SSSR count). The summed E-state index contributed by atoms with van der Waals surface area (Å²) in [4.78, 5) is 28.4. The summed E-state index contributed by atoms with van der Waals surface area (Å²) in [5.41, 5.74) is 2.71. The maximum Gasteiger partial charge on any atom is 0.301 e. The summed E-state index contributed by atoms with van der Waals surface area (Å²) in [6.45, 7) is 4.13. The number of methoxy groups -OCH3 is 1. The van der Waals surface area contributed by atoms with Gasteiger partial charge in [0.25, 0.3) is 5.78 Å². The summed E-state index contributed by atoms with van der Waals surface area (Å²) >= 11 is 2.69. The number of thioether (sulfide) groups is 1. The van der Waals surface area contributed by atoms with E-state index in [0.29, 0.717) is 15.7 Å². The van der Waals surface area contributed by atoms with Crippen molar-refractivity contribution in [3.8, 4) is 5.75 Å². The van der Waals surface area contributed by atoms with Gasteiger partial charge in [0.05, 0.1) is 18.7 Å². The Bertz CT molecular complexity index is 1910. The predicted molar refractivity (Wildman–Crippen MR) is 172 cm³/mol. The van der Waals surface area contributed by atoms with Crippen LogP contribution >= 0.6 is 23.1 Å². The third-order valence-corrected chi connectivity index (χ3v) is 9.73. The number of nitrogens with zero attached hydrogens (tertiary/aromatic N) is 3. The van der Waals surface area contributed by atoms with Gasteiger partial charge in [-0.15, -0.1) is 10.2 Å². The number of aromatic nitrogens is 2. The first-order valence-corrected chi connectivity index (χ1v) is 15.7. The van der Waals surface area contributed by atoms with Crippen LogP contribution in [0.1, 0.15) is 48.1 Å². The summed E-state index contributed by atoms with van der Waals surface area (Å²) < 4.78 is 20.2. The lowest BCUT2D eigenvalue weighted by molar-refractivity contribution is -0.132. The van der Waals surface area contributed by atoms with Gasteiger partial charge in [0.15, 0.2) is 15.9 Å². The van der Waals surface area contributed by atoms with Crippen molar-refractivity contribution >= 4 is 56.5 Å². The van der Waals surface area contributed by atoms with E-state index in [0.717, 1.165) is 28.0 Å². The third-order valence-electron chi connectivity index (χ3n) is 7.62. The number of halogens is 1. The largest absolute Gasteiger partial charge is 0.507 e. The zero-order valence-corrected chi connectivity index (χ0v) is 25.8. The second-order valence-electron chi connectivity index (χ2n) is 10.6. The molecule has 5 aromatic rings. The zero-order valence-electron chi connectivity index (χ0n) is 24.2. The topological polar surface area (TPSA) is 92.6 Å². The van der Waals surface area contributed by atoms with Crippen LogP contribution in [0, 0.1) is 5.82 Å². The minimum Gasteiger partial charge on any atom is -0.507 e. The van der Waals surface area contributed by atoms with Gasteiger partial charge in [-0.3, -0.25) is 14.5 Å². The fourth-order valence-corrected chi connectivity index (χ4v) is 7.17. The molecule has 1 aliphatic heterocycles. The van der Waals surface area contributed by atoms with E-state index < -0.39 is 29.3 Å². The maximum atomic E-state index is 14.6. The summed E-state index contributed by atoms with van der Waals surface area (Å²) in [5, 5.41) is 22.5. The molecule has 7 nitrogen and oxygen atoms in total. The molecule has 0 saturated carbocycles. The highest BCUT2D eigenvalue weighted by atomic mass is 32.2. The quantitative estimate of drug-likeness (QED) is 0.0617. The number of hydrogen-bond acceptors (Lipinski definition) is 8. The van der Waals surface area contributed by atoms with E-state index in [1.54, 1.807) is 0 Å². The van der Waals surface area contributed by atoms with Crippen LogP contribution in [0.2, 0.25) is 0 Å². The van der Waals surface area contributed by atoms with Gasteiger partial charge in [-0.05, 0) is 51.6 Å². The Kier molecular flexibility index (Phi) is 8.20. The highest BCUT2D eigenvalue weighted by Gasteiger charge is 2.48. The molecule has 1 aromatic heterocycles. The van der Waals surface area contributed by atoms with Crippen LogP contribution < -0.4 is 9.64 Å². The molecule has 1 unspecified atom stereocenters. The number of ketones is 1. The van der Waals surface area contributed by atoms with Crippen molar-refractivity contribution in [3.63, 3.8) is 0 Å². The lowest BCUT2D eigenvalue weighted by atomic mass is 9.93. The highest BCUT2D eigenvalue weighted by Crippen LogP contribution is 2.44. The molecule has 4 aromatic carbocycles. The van der Waals surface area contributed by atoms with Gasteiger partial charge in [0.1, 0.15) is 5.76 Å². The van der Waals surface area contributed by atoms with Crippen LogP contribution in [0.5, 0.6) is 5.75 Å². The minimum atomic E-state index is -0.995. The number of fused-ring (bicyclic) bond motifs is 1. The second-order valence-corrected chi connectivity index (χ2v) is 12.8. The van der Waals surface area contributed by atoms with Crippen molar-refractivity contribution in [1.82, 2.24) is 10.2 Å². The molecule has 1 atom stereocenters. The maximum absolute atomic E-state index is 14.6. The molecule has 1 aliphatic rings. The van der Waals surface area contributed by atoms with E-state index in [9.17, 15) is 19.1 Å². The number of hydrogen-bond donors (Lipinski definition) is 1. The molecule has 0 radical (unpaired) electrons. The summed E-state index contributed by atoms with van der Waals surface area (Å²) in [6, 6.07) is 24.7. The third kappa shape index (κ3) is 5.46. The normalized spacial score (nSPS) is 16.3. The number of anilines is 1. The fourth-order valence-electron chi connectivity index (χ4n) is 5.29. The fraction of sp³-hybridized carbons (Fsp3) is 0.176. The van der Waals surface area contributed by atoms with Gasteiger partial charge in [-0.2, -0.15) is 0 Å². The monoisotopic (exact) mass is 625 g/mol. The summed E-state index contributed by atoms with van der Waals surface area (Å²) in [6.07, 6.45) is 0. The number of aliphatic hydroxyl groups excluding tert-OH is 1. The van der Waals surface area contributed by atoms with Gasteiger partial charge in [0, 0.05) is 11.3 Å². The Hall–Kier alpha value is -4.54. The summed E-state index contributed by atoms with van der Waals surface area (Å²) in [7, 11) is 1.33. The molecule has 2 heterocycles. The lowest BCUT2D eigenvalue weighted by Gasteiger charge is -2.23. The van der Waals surface area contributed by atoms with Crippen LogP contribution in [0.15, 0.2) is 94.8 Å². The van der Waals surface area contributed by atoms with Crippen molar-refractivity contribution < 1.29 is 23.8 Å². The summed E-state index contributed by atoms with van der Waals surface area (Å²) in [5.74, 6) is -2.04. The Morgan fingerprint density at radius 3 is 2.50 bits per heavy atom. The molecule has 1 saturated heterocycles. The zero-order chi connectivity index (χ0) is 31.0. The number of Topliss-reactive ketones (excluding diaryl/α,β-unsaturated/α-hetero) is 1. The van der Waals surface area contributed by atoms with E-state index in [2.05, 4.69) is 48.3 Å². The van der Waals surface area contributed by atoms with E-state index in [-0.39, 0.29) is 27.9 Å². The first kappa shape index (κ1) is 29.5. The molecule has 44 heavy (non-hydrogen) atoms. The number of carbonyl (C=O) groups excluding carboxylic acids is 2. The number of ether oxygens (including phenoxy) is 1. The number of carbonyl (C=O) groups is 2. The highest BCUT2D eigenvalue weighted by molar-refractivity contribution is 8.00. The van der Waals surface area contributed by atoms with Crippen molar-refractivity contribution in [1.29, 1.82) is 0 Å². The van der Waals surface area contributed by atoms with Gasteiger partial charge in [-0.25, -0.2) is 4.39 Å². The van der Waals surface area contributed by atoms with Crippen LogP contribution in [0.25, 0.3) is 16.5 Å². The number of benzene rings is 4. The van der Waals surface area contributed by atoms with E-state index in [4.69, 9.17) is 4.74 Å². The molecule has 222 valence electrons. The van der Waals surface area contributed by atoms with E-state index >= 15 is 0 Å². The van der Waals surface area contributed by atoms with Crippen molar-refractivity contribution in [2.45, 2.75) is 35.9 Å². The first-order chi connectivity index (χ1) is 21.3. The van der Waals surface area contributed by atoms with Gasteiger partial charge >= 0.3 is 5.91 Å². The van der Waals surface area contributed by atoms with Crippen molar-refractivity contribution in [2.24, 2.45) is 0 Å². The minimum absolute atomic E-state index is 0.00906. The van der Waals surface area contributed by atoms with Gasteiger partial charge < -0.3 is 9.84 Å². The molecule has 0 bridgehead atoms. The van der Waals surface area contributed by atoms with Crippen LogP contribution in [-0.4, -0.2) is 34.1 Å². The molecule has 1 amide bonds. The number of rotatable bonds is 8. The number of amides is 1. The molecule has 0 aliphatic carbocycles. The van der Waals surface area contributed by atoms with Gasteiger partial charge in [0.2, 0.25) is 5.13 Å². The molecular weight excluding hydrogens is 598 g/mol. The van der Waals surface area contributed by atoms with Gasteiger partial charge in [-0.1, -0.05) is 104 Å². The van der Waals surface area contributed by atoms with E-state index in [1.807, 2.05) is 42.5 Å². The molecule has 10 heteroatoms. The Morgan fingerprint density at radius 2 is 1.77 bits per heavy atom. The van der Waals surface area contributed by atoms with Crippen LogP contribution in [0.4, 0.5) is 9.52 Å².